The van der Waals surface area contributed by atoms with E-state index in [0.29, 0.717) is 18.1 Å². The molecule has 0 spiro atoms. The van der Waals surface area contributed by atoms with Crippen LogP contribution in [0.15, 0.2) is 72.0 Å². The maximum absolute atomic E-state index is 12.9. The van der Waals surface area contributed by atoms with Gasteiger partial charge in [0.25, 0.3) is 0 Å². The van der Waals surface area contributed by atoms with Gasteiger partial charge < -0.3 is 0 Å². The van der Waals surface area contributed by atoms with E-state index in [1.165, 1.54) is 0 Å². The van der Waals surface area contributed by atoms with Crippen LogP contribution < -0.4 is 5.69 Å². The maximum atomic E-state index is 12.9. The number of imidazole rings is 1. The SMILES string of the molecule is CCn1c(=O)n(-c2ccc3c(ccn3-c3ncccn3)c2)c2ncccc21. The van der Waals surface area contributed by atoms with Gasteiger partial charge in [0.15, 0.2) is 5.65 Å². The second kappa shape index (κ2) is 5.91. The summed E-state index contributed by atoms with van der Waals surface area (Å²) in [5, 5.41) is 1.00. The van der Waals surface area contributed by atoms with Crippen molar-refractivity contribution in [2.75, 3.05) is 0 Å². The minimum absolute atomic E-state index is 0.0867. The minimum Gasteiger partial charge on any atom is -0.290 e. The lowest BCUT2D eigenvalue weighted by molar-refractivity contribution is 0.734. The van der Waals surface area contributed by atoms with Crippen molar-refractivity contribution in [2.24, 2.45) is 0 Å². The van der Waals surface area contributed by atoms with Crippen LogP contribution in [0.1, 0.15) is 6.92 Å². The lowest BCUT2D eigenvalue weighted by Gasteiger charge is -2.05. The molecule has 132 valence electrons. The molecule has 4 heterocycles. The summed E-state index contributed by atoms with van der Waals surface area (Å²) in [7, 11) is 0. The lowest BCUT2D eigenvalue weighted by atomic mass is 10.2. The molecule has 0 fully saturated rings. The third kappa shape index (κ3) is 2.28. The Kier molecular flexibility index (Phi) is 3.39. The Hall–Kier alpha value is -3.74. The lowest BCUT2D eigenvalue weighted by Crippen LogP contribution is -2.22. The standard InChI is InChI=1S/C20H16N6O/c1-2-24-17-5-3-9-21-18(17)26(20(24)27)15-6-7-16-14(13-15)8-12-25(16)19-22-10-4-11-23-19/h3-13H,2H2,1H3. The van der Waals surface area contributed by atoms with Gasteiger partial charge in [-0.25, -0.2) is 24.3 Å². The fourth-order valence-electron chi connectivity index (χ4n) is 3.48. The van der Waals surface area contributed by atoms with E-state index in [-0.39, 0.29) is 5.69 Å². The maximum Gasteiger partial charge on any atom is 0.334 e. The third-order valence-electron chi connectivity index (χ3n) is 4.71. The van der Waals surface area contributed by atoms with Gasteiger partial charge in [0.05, 0.1) is 16.7 Å². The van der Waals surface area contributed by atoms with Crippen molar-refractivity contribution in [3.8, 4) is 11.6 Å². The third-order valence-corrected chi connectivity index (χ3v) is 4.71. The van der Waals surface area contributed by atoms with Crippen LogP contribution in [-0.4, -0.2) is 28.7 Å². The summed E-state index contributed by atoms with van der Waals surface area (Å²) in [5.41, 5.74) is 3.17. The van der Waals surface area contributed by atoms with E-state index in [2.05, 4.69) is 15.0 Å². The smallest absolute Gasteiger partial charge is 0.290 e. The predicted octanol–water partition coefficient (Wildman–Crippen LogP) is 2.94. The van der Waals surface area contributed by atoms with Gasteiger partial charge in [-0.2, -0.15) is 0 Å². The van der Waals surface area contributed by atoms with E-state index in [1.54, 1.807) is 33.8 Å². The molecule has 0 atom stereocenters. The van der Waals surface area contributed by atoms with Crippen LogP contribution in [0.4, 0.5) is 0 Å². The van der Waals surface area contributed by atoms with Gasteiger partial charge in [0.1, 0.15) is 0 Å². The van der Waals surface area contributed by atoms with E-state index in [9.17, 15) is 4.79 Å². The molecular weight excluding hydrogens is 340 g/mol. The molecule has 0 unspecified atom stereocenters. The molecule has 0 aliphatic carbocycles. The fraction of sp³-hybridized carbons (Fsp3) is 0.100. The molecule has 0 bridgehead atoms. The molecule has 27 heavy (non-hydrogen) atoms. The number of benzene rings is 1. The largest absolute Gasteiger partial charge is 0.334 e. The number of fused-ring (bicyclic) bond motifs is 2. The summed E-state index contributed by atoms with van der Waals surface area (Å²) in [6.45, 7) is 2.55. The average Bonchev–Trinajstić information content (AvgIpc) is 3.26. The monoisotopic (exact) mass is 356 g/mol. The van der Waals surface area contributed by atoms with Crippen LogP contribution in [-0.2, 0) is 6.54 Å². The second-order valence-corrected chi connectivity index (χ2v) is 6.19. The van der Waals surface area contributed by atoms with E-state index in [0.717, 1.165) is 22.1 Å². The number of hydrogen-bond donors (Lipinski definition) is 0. The highest BCUT2D eigenvalue weighted by Gasteiger charge is 2.15. The molecule has 0 radical (unpaired) electrons. The zero-order valence-corrected chi connectivity index (χ0v) is 14.6. The molecule has 0 saturated heterocycles. The zero-order chi connectivity index (χ0) is 18.4. The van der Waals surface area contributed by atoms with Gasteiger partial charge in [-0.15, -0.1) is 0 Å². The van der Waals surface area contributed by atoms with Gasteiger partial charge in [-0.1, -0.05) is 0 Å². The number of aromatic nitrogens is 6. The quantitative estimate of drug-likeness (QED) is 0.498. The van der Waals surface area contributed by atoms with Crippen LogP contribution in [0.5, 0.6) is 0 Å². The predicted molar refractivity (Wildman–Crippen MR) is 103 cm³/mol. The first-order valence-electron chi connectivity index (χ1n) is 8.73. The molecule has 0 N–H and O–H groups in total. The van der Waals surface area contributed by atoms with E-state index >= 15 is 0 Å². The van der Waals surface area contributed by atoms with Crippen molar-refractivity contribution in [2.45, 2.75) is 13.5 Å². The Morgan fingerprint density at radius 1 is 0.926 bits per heavy atom. The van der Waals surface area contributed by atoms with Crippen molar-refractivity contribution < 1.29 is 0 Å². The number of rotatable bonds is 3. The Morgan fingerprint density at radius 2 is 1.74 bits per heavy atom. The van der Waals surface area contributed by atoms with Crippen LogP contribution in [0, 0.1) is 0 Å². The summed E-state index contributed by atoms with van der Waals surface area (Å²) in [4.78, 5) is 26.0. The molecule has 1 aromatic carbocycles. The first-order chi connectivity index (χ1) is 13.3. The topological polar surface area (TPSA) is 70.5 Å². The molecule has 4 aromatic heterocycles. The molecule has 5 rings (SSSR count). The van der Waals surface area contributed by atoms with Crippen LogP contribution >= 0.6 is 0 Å². The molecular formula is C20H16N6O. The van der Waals surface area contributed by atoms with Crippen LogP contribution in [0.25, 0.3) is 33.7 Å². The Labute approximate surface area is 154 Å². The summed E-state index contributed by atoms with van der Waals surface area (Å²) < 4.78 is 5.32. The van der Waals surface area contributed by atoms with Gasteiger partial charge in [0, 0.05) is 36.7 Å². The van der Waals surface area contributed by atoms with Gasteiger partial charge in [-0.3, -0.25) is 9.13 Å². The summed E-state index contributed by atoms with van der Waals surface area (Å²) in [6.07, 6.45) is 7.07. The molecule has 7 nitrogen and oxygen atoms in total. The van der Waals surface area contributed by atoms with Crippen molar-refractivity contribution in [1.82, 2.24) is 28.7 Å². The number of nitrogens with zero attached hydrogens (tertiary/aromatic N) is 6. The van der Waals surface area contributed by atoms with E-state index in [1.807, 2.05) is 54.1 Å². The molecule has 0 aliphatic rings. The van der Waals surface area contributed by atoms with Crippen molar-refractivity contribution in [3.05, 3.63) is 77.7 Å². The number of aryl methyl sites for hydroxylation is 1. The summed E-state index contributed by atoms with van der Waals surface area (Å²) in [5.74, 6) is 0.613. The average molecular weight is 356 g/mol. The molecule has 0 amide bonds. The molecule has 0 aliphatic heterocycles. The van der Waals surface area contributed by atoms with Crippen LogP contribution in [0.2, 0.25) is 0 Å². The van der Waals surface area contributed by atoms with Crippen molar-refractivity contribution >= 4 is 22.1 Å². The Balaban J connectivity index is 1.73. The normalized spacial score (nSPS) is 11.4. The minimum atomic E-state index is -0.0867. The highest BCUT2D eigenvalue weighted by Crippen LogP contribution is 2.23. The van der Waals surface area contributed by atoms with Gasteiger partial charge >= 0.3 is 5.69 Å². The molecule has 7 heteroatoms. The Morgan fingerprint density at radius 3 is 2.56 bits per heavy atom. The second-order valence-electron chi connectivity index (χ2n) is 6.19. The van der Waals surface area contributed by atoms with Crippen molar-refractivity contribution in [1.29, 1.82) is 0 Å². The fourth-order valence-corrected chi connectivity index (χ4v) is 3.48. The Bertz CT molecular complexity index is 1330. The van der Waals surface area contributed by atoms with Crippen LogP contribution in [0.3, 0.4) is 0 Å². The first kappa shape index (κ1) is 15.5. The molecule has 0 saturated carbocycles. The summed E-state index contributed by atoms with van der Waals surface area (Å²) in [6, 6.07) is 13.4. The summed E-state index contributed by atoms with van der Waals surface area (Å²) >= 11 is 0. The molecule has 5 aromatic rings. The van der Waals surface area contributed by atoms with Crippen molar-refractivity contribution in [3.63, 3.8) is 0 Å². The van der Waals surface area contributed by atoms with Gasteiger partial charge in [-0.05, 0) is 49.4 Å². The number of pyridine rings is 1. The first-order valence-corrected chi connectivity index (χ1v) is 8.73. The van der Waals surface area contributed by atoms with E-state index in [4.69, 9.17) is 0 Å². The number of hydrogen-bond acceptors (Lipinski definition) is 4. The van der Waals surface area contributed by atoms with E-state index < -0.39 is 0 Å². The zero-order valence-electron chi connectivity index (χ0n) is 14.6. The van der Waals surface area contributed by atoms with Gasteiger partial charge in [0.2, 0.25) is 5.95 Å². The highest BCUT2D eigenvalue weighted by atomic mass is 16.1. The highest BCUT2D eigenvalue weighted by molar-refractivity contribution is 5.84.